The number of hydrogen-bond acceptors (Lipinski definition) is 4. The second-order valence-electron chi connectivity index (χ2n) is 6.69. The van der Waals surface area contributed by atoms with Crippen molar-refractivity contribution in [3.05, 3.63) is 36.0 Å². The number of ether oxygens (including phenoxy) is 1. The summed E-state index contributed by atoms with van der Waals surface area (Å²) in [5.41, 5.74) is 1.91. The van der Waals surface area contributed by atoms with Crippen molar-refractivity contribution in [1.82, 2.24) is 10.3 Å². The Hall–Kier alpha value is -2.63. The van der Waals surface area contributed by atoms with Crippen LogP contribution in [-0.2, 0) is 9.53 Å². The summed E-state index contributed by atoms with van der Waals surface area (Å²) in [7, 11) is 0. The van der Waals surface area contributed by atoms with Gasteiger partial charge in [0.25, 0.3) is 0 Å². The number of fused-ring (bicyclic) bond motifs is 1. The number of nitrogens with one attached hydrogen (secondary N) is 2. The highest BCUT2D eigenvalue weighted by atomic mass is 16.6. The van der Waals surface area contributed by atoms with Gasteiger partial charge < -0.3 is 15.4 Å². The lowest BCUT2D eigenvalue weighted by Crippen LogP contribution is -2.44. The van der Waals surface area contributed by atoms with Gasteiger partial charge in [0.05, 0.1) is 11.2 Å². The summed E-state index contributed by atoms with van der Waals surface area (Å²) in [4.78, 5) is 28.4. The predicted octanol–water partition coefficient (Wildman–Crippen LogP) is 3.39. The molecule has 6 heteroatoms. The SMILES string of the molecule is Cc1ccc(NC(=O)[C@@H](C)NC(=O)OC(C)(C)C)c2cccnc12. The molecular formula is C18H23N3O3. The minimum absolute atomic E-state index is 0.324. The Labute approximate surface area is 141 Å². The van der Waals surface area contributed by atoms with Crippen LogP contribution in [0.4, 0.5) is 10.5 Å². The number of carbonyl (C=O) groups is 2. The van der Waals surface area contributed by atoms with Gasteiger partial charge in [0, 0.05) is 11.6 Å². The smallest absolute Gasteiger partial charge is 0.408 e. The van der Waals surface area contributed by atoms with Gasteiger partial charge in [-0.1, -0.05) is 6.07 Å². The molecule has 1 heterocycles. The molecule has 1 aromatic heterocycles. The van der Waals surface area contributed by atoms with Gasteiger partial charge in [-0.25, -0.2) is 4.79 Å². The van der Waals surface area contributed by atoms with E-state index >= 15 is 0 Å². The highest BCUT2D eigenvalue weighted by Crippen LogP contribution is 2.24. The summed E-state index contributed by atoms with van der Waals surface area (Å²) in [5.74, 6) is -0.324. The van der Waals surface area contributed by atoms with Crippen molar-refractivity contribution in [1.29, 1.82) is 0 Å². The third kappa shape index (κ3) is 4.44. The van der Waals surface area contributed by atoms with E-state index in [2.05, 4.69) is 15.6 Å². The second-order valence-corrected chi connectivity index (χ2v) is 6.69. The van der Waals surface area contributed by atoms with Gasteiger partial charge in [-0.15, -0.1) is 0 Å². The summed E-state index contributed by atoms with van der Waals surface area (Å²) in [6.45, 7) is 8.87. The quantitative estimate of drug-likeness (QED) is 0.904. The zero-order valence-corrected chi connectivity index (χ0v) is 14.6. The first-order valence-electron chi connectivity index (χ1n) is 7.82. The van der Waals surface area contributed by atoms with Gasteiger partial charge in [-0.05, 0) is 58.4 Å². The van der Waals surface area contributed by atoms with Crippen molar-refractivity contribution >= 4 is 28.6 Å². The Morgan fingerprint density at radius 1 is 1.21 bits per heavy atom. The molecule has 0 bridgehead atoms. The van der Waals surface area contributed by atoms with E-state index in [1.165, 1.54) is 0 Å². The first-order valence-corrected chi connectivity index (χ1v) is 7.82. The van der Waals surface area contributed by atoms with Crippen molar-refractivity contribution in [2.75, 3.05) is 5.32 Å². The van der Waals surface area contributed by atoms with E-state index in [9.17, 15) is 9.59 Å². The molecule has 2 aromatic rings. The van der Waals surface area contributed by atoms with Crippen LogP contribution in [0, 0.1) is 6.92 Å². The number of pyridine rings is 1. The lowest BCUT2D eigenvalue weighted by atomic mass is 10.1. The number of aryl methyl sites for hydroxylation is 1. The highest BCUT2D eigenvalue weighted by molar-refractivity contribution is 6.04. The molecule has 2 rings (SSSR count). The Balaban J connectivity index is 2.10. The fourth-order valence-corrected chi connectivity index (χ4v) is 2.21. The molecule has 0 aliphatic carbocycles. The number of rotatable bonds is 3. The Kier molecular flexibility index (Phi) is 5.07. The van der Waals surface area contributed by atoms with Crippen LogP contribution in [0.15, 0.2) is 30.5 Å². The third-order valence-electron chi connectivity index (χ3n) is 3.36. The van der Waals surface area contributed by atoms with Gasteiger partial charge in [-0.2, -0.15) is 0 Å². The van der Waals surface area contributed by atoms with Crippen LogP contribution in [0.3, 0.4) is 0 Å². The van der Waals surface area contributed by atoms with E-state index in [0.29, 0.717) is 5.69 Å². The van der Waals surface area contributed by atoms with Crippen LogP contribution in [-0.4, -0.2) is 28.6 Å². The van der Waals surface area contributed by atoms with Gasteiger partial charge in [-0.3, -0.25) is 9.78 Å². The number of benzene rings is 1. The molecule has 1 atom stereocenters. The first kappa shape index (κ1) is 17.7. The molecule has 0 radical (unpaired) electrons. The van der Waals surface area contributed by atoms with Gasteiger partial charge in [0.2, 0.25) is 5.91 Å². The number of amides is 2. The molecule has 24 heavy (non-hydrogen) atoms. The number of anilines is 1. The molecule has 2 N–H and O–H groups in total. The molecule has 0 unspecified atom stereocenters. The van der Waals surface area contributed by atoms with Gasteiger partial charge in [0.1, 0.15) is 11.6 Å². The minimum Gasteiger partial charge on any atom is -0.444 e. The zero-order chi connectivity index (χ0) is 17.9. The first-order chi connectivity index (χ1) is 11.2. The van der Waals surface area contributed by atoms with Crippen LogP contribution in [0.5, 0.6) is 0 Å². The second kappa shape index (κ2) is 6.86. The fourth-order valence-electron chi connectivity index (χ4n) is 2.21. The third-order valence-corrected chi connectivity index (χ3v) is 3.36. The maximum absolute atomic E-state index is 12.3. The largest absolute Gasteiger partial charge is 0.444 e. The van der Waals surface area contributed by atoms with E-state index < -0.39 is 17.7 Å². The van der Waals surface area contributed by atoms with E-state index in [4.69, 9.17) is 4.74 Å². The standard InChI is InChI=1S/C18H23N3O3/c1-11-8-9-14(13-7-6-10-19-15(11)13)21-16(22)12(2)20-17(23)24-18(3,4)5/h6-10,12H,1-5H3,(H,20,23)(H,21,22)/t12-/m1/s1. The molecule has 0 spiro atoms. The summed E-state index contributed by atoms with van der Waals surface area (Å²) in [5, 5.41) is 6.21. The van der Waals surface area contributed by atoms with E-state index in [1.807, 2.05) is 31.2 Å². The van der Waals surface area contributed by atoms with Crippen LogP contribution in [0.1, 0.15) is 33.3 Å². The number of carbonyl (C=O) groups excluding carboxylic acids is 2. The summed E-state index contributed by atoms with van der Waals surface area (Å²) in [6.07, 6.45) is 1.09. The summed E-state index contributed by atoms with van der Waals surface area (Å²) >= 11 is 0. The molecule has 1 aromatic carbocycles. The monoisotopic (exact) mass is 329 g/mol. The number of hydrogen-bond donors (Lipinski definition) is 2. The molecule has 2 amide bonds. The molecule has 128 valence electrons. The molecule has 6 nitrogen and oxygen atoms in total. The average molecular weight is 329 g/mol. The molecular weight excluding hydrogens is 306 g/mol. The Bertz CT molecular complexity index is 766. The van der Waals surface area contributed by atoms with Crippen molar-refractivity contribution in [2.45, 2.75) is 46.3 Å². The van der Waals surface area contributed by atoms with Crippen molar-refractivity contribution in [2.24, 2.45) is 0 Å². The van der Waals surface area contributed by atoms with Crippen LogP contribution in [0.25, 0.3) is 10.9 Å². The van der Waals surface area contributed by atoms with Crippen LogP contribution < -0.4 is 10.6 Å². The minimum atomic E-state index is -0.729. The molecule has 0 saturated heterocycles. The number of alkyl carbamates (subject to hydrolysis) is 1. The highest BCUT2D eigenvalue weighted by Gasteiger charge is 2.21. The fraction of sp³-hybridized carbons (Fsp3) is 0.389. The molecule has 0 fully saturated rings. The lowest BCUT2D eigenvalue weighted by Gasteiger charge is -2.21. The molecule has 0 aliphatic heterocycles. The average Bonchev–Trinajstić information content (AvgIpc) is 2.48. The van der Waals surface area contributed by atoms with Crippen LogP contribution in [0.2, 0.25) is 0 Å². The van der Waals surface area contributed by atoms with Crippen LogP contribution >= 0.6 is 0 Å². The summed E-state index contributed by atoms with van der Waals surface area (Å²) < 4.78 is 5.15. The maximum Gasteiger partial charge on any atom is 0.408 e. The Morgan fingerprint density at radius 3 is 2.58 bits per heavy atom. The van der Waals surface area contributed by atoms with Crippen molar-refractivity contribution < 1.29 is 14.3 Å². The van der Waals surface area contributed by atoms with Gasteiger partial charge >= 0.3 is 6.09 Å². The van der Waals surface area contributed by atoms with E-state index in [0.717, 1.165) is 16.5 Å². The van der Waals surface area contributed by atoms with Crippen molar-refractivity contribution in [3.8, 4) is 0 Å². The number of nitrogens with zero attached hydrogens (tertiary/aromatic N) is 1. The normalized spacial score (nSPS) is 12.5. The Morgan fingerprint density at radius 2 is 1.92 bits per heavy atom. The van der Waals surface area contributed by atoms with Crippen molar-refractivity contribution in [3.63, 3.8) is 0 Å². The maximum atomic E-state index is 12.3. The molecule has 0 aliphatic rings. The van der Waals surface area contributed by atoms with Gasteiger partial charge in [0.15, 0.2) is 0 Å². The number of aromatic nitrogens is 1. The van der Waals surface area contributed by atoms with E-state index in [-0.39, 0.29) is 5.91 Å². The lowest BCUT2D eigenvalue weighted by molar-refractivity contribution is -0.117. The summed E-state index contributed by atoms with van der Waals surface area (Å²) in [6, 6.07) is 6.72. The predicted molar refractivity (Wildman–Crippen MR) is 93.9 cm³/mol. The van der Waals surface area contributed by atoms with E-state index in [1.54, 1.807) is 33.9 Å². The zero-order valence-electron chi connectivity index (χ0n) is 14.6. The topological polar surface area (TPSA) is 80.3 Å². The molecule has 0 saturated carbocycles.